The summed E-state index contributed by atoms with van der Waals surface area (Å²) in [6.45, 7) is 5.78. The Labute approximate surface area is 218 Å². The zero-order valence-electron chi connectivity index (χ0n) is 21.9. The van der Waals surface area contributed by atoms with Crippen LogP contribution in [0.15, 0.2) is 64.6 Å². The Morgan fingerprint density at radius 2 is 2.05 bits per heavy atom. The first-order chi connectivity index (χ1) is 17.9. The Bertz CT molecular complexity index is 1160. The highest BCUT2D eigenvalue weighted by molar-refractivity contribution is 6.01. The molecule has 0 atom stereocenters. The van der Waals surface area contributed by atoms with Crippen LogP contribution in [0.5, 0.6) is 11.5 Å². The number of nitrogens with one attached hydrogen (secondary N) is 3. The second kappa shape index (κ2) is 14.0. The van der Waals surface area contributed by atoms with Gasteiger partial charge < -0.3 is 35.9 Å². The number of hydrogen-bond acceptors (Lipinski definition) is 8. The number of carbonyl (C=O) groups excluding carboxylic acids is 1. The normalized spacial score (nSPS) is 13.9. The summed E-state index contributed by atoms with van der Waals surface area (Å²) in [5, 5.41) is 9.39. The molecule has 0 aliphatic carbocycles. The van der Waals surface area contributed by atoms with E-state index in [9.17, 15) is 4.79 Å². The molecule has 198 valence electrons. The number of rotatable bonds is 12. The molecule has 37 heavy (non-hydrogen) atoms. The molecule has 1 aromatic carbocycles. The highest BCUT2D eigenvalue weighted by Crippen LogP contribution is 2.28. The summed E-state index contributed by atoms with van der Waals surface area (Å²) in [5.41, 5.74) is 10.8. The number of amides is 1. The predicted octanol–water partition coefficient (Wildman–Crippen LogP) is 2.61. The maximum absolute atomic E-state index is 12.1. The van der Waals surface area contributed by atoms with E-state index in [2.05, 4.69) is 25.9 Å². The van der Waals surface area contributed by atoms with Crippen LogP contribution in [-0.2, 0) is 14.3 Å². The van der Waals surface area contributed by atoms with Gasteiger partial charge in [0, 0.05) is 32.9 Å². The number of carbonyl (C=O) groups is 1. The van der Waals surface area contributed by atoms with E-state index in [4.69, 9.17) is 19.9 Å². The molecule has 0 bridgehead atoms. The fourth-order valence-corrected chi connectivity index (χ4v) is 3.59. The van der Waals surface area contributed by atoms with Crippen molar-refractivity contribution in [2.45, 2.75) is 20.3 Å². The van der Waals surface area contributed by atoms with Crippen LogP contribution in [0.2, 0.25) is 0 Å². The number of aryl methyl sites for hydroxylation is 2. The molecule has 0 spiro atoms. The summed E-state index contributed by atoms with van der Waals surface area (Å²) >= 11 is 0. The lowest BCUT2D eigenvalue weighted by Gasteiger charge is -2.13. The maximum atomic E-state index is 12.1. The van der Waals surface area contributed by atoms with E-state index in [0.717, 1.165) is 40.4 Å². The van der Waals surface area contributed by atoms with Crippen molar-refractivity contribution in [2.24, 2.45) is 10.7 Å². The van der Waals surface area contributed by atoms with Gasteiger partial charge in [0.2, 0.25) is 5.91 Å². The zero-order chi connectivity index (χ0) is 26.6. The highest BCUT2D eigenvalue weighted by Gasteiger charge is 2.15. The van der Waals surface area contributed by atoms with Crippen molar-refractivity contribution in [3.63, 3.8) is 0 Å². The number of aliphatic imine (C=N–C) groups is 1. The van der Waals surface area contributed by atoms with Gasteiger partial charge in [-0.1, -0.05) is 0 Å². The molecule has 3 rings (SSSR count). The lowest BCUT2D eigenvalue weighted by atomic mass is 10.1. The highest BCUT2D eigenvalue weighted by atomic mass is 16.5. The SMILES string of the molecule is CNC1=C(C(N)=Nc2ccc(Oc3ccc(C)nc3)c(C)c2)C=C(CNC(=O)COCCOC)CCN1. The molecule has 0 saturated heterocycles. The van der Waals surface area contributed by atoms with Crippen LogP contribution >= 0.6 is 0 Å². The summed E-state index contributed by atoms with van der Waals surface area (Å²) < 4.78 is 16.1. The molecule has 2 heterocycles. The number of aromatic nitrogens is 1. The molecule has 1 aromatic heterocycles. The standard InChI is InChI=1S/C27H36N6O4/c1-18-13-21(6-8-24(18)37-22-7-5-19(2)31-16-22)33-26(28)23-14-20(9-10-30-27(23)29-3)15-32-25(34)17-36-12-11-35-4/h5-8,13-14,16,29-30H,9-12,15,17H2,1-4H3,(H2,28,33)(H,32,34). The van der Waals surface area contributed by atoms with Crippen LogP contribution < -0.4 is 26.4 Å². The summed E-state index contributed by atoms with van der Waals surface area (Å²) in [6.07, 6.45) is 4.40. The van der Waals surface area contributed by atoms with Crippen molar-refractivity contribution < 1.29 is 19.0 Å². The Balaban J connectivity index is 1.72. The Morgan fingerprint density at radius 1 is 1.22 bits per heavy atom. The molecule has 0 fully saturated rings. The number of ether oxygens (including phenoxy) is 3. The van der Waals surface area contributed by atoms with E-state index >= 15 is 0 Å². The molecule has 1 aliphatic heterocycles. The first kappa shape index (κ1) is 27.7. The molecule has 0 unspecified atom stereocenters. The number of nitrogens with zero attached hydrogens (tertiary/aromatic N) is 2. The fourth-order valence-electron chi connectivity index (χ4n) is 3.59. The molecule has 1 amide bonds. The molecule has 2 aromatic rings. The third-order valence-corrected chi connectivity index (χ3v) is 5.59. The van der Waals surface area contributed by atoms with Crippen molar-refractivity contribution in [1.82, 2.24) is 20.9 Å². The number of amidine groups is 1. The van der Waals surface area contributed by atoms with Crippen LogP contribution in [0.4, 0.5) is 5.69 Å². The van der Waals surface area contributed by atoms with Gasteiger partial charge in [-0.25, -0.2) is 4.99 Å². The maximum Gasteiger partial charge on any atom is 0.246 e. The number of benzene rings is 1. The minimum absolute atomic E-state index is 0.0115. The molecule has 1 aliphatic rings. The topological polar surface area (TPSA) is 132 Å². The van der Waals surface area contributed by atoms with Gasteiger partial charge in [0.25, 0.3) is 0 Å². The minimum atomic E-state index is -0.186. The smallest absolute Gasteiger partial charge is 0.246 e. The number of nitrogens with two attached hydrogens (primary N) is 1. The van der Waals surface area contributed by atoms with Crippen molar-refractivity contribution in [3.8, 4) is 11.5 Å². The summed E-state index contributed by atoms with van der Waals surface area (Å²) in [7, 11) is 3.41. The van der Waals surface area contributed by atoms with Gasteiger partial charge in [-0.2, -0.15) is 0 Å². The van der Waals surface area contributed by atoms with Gasteiger partial charge >= 0.3 is 0 Å². The van der Waals surface area contributed by atoms with Crippen molar-refractivity contribution in [2.75, 3.05) is 47.1 Å². The first-order valence-corrected chi connectivity index (χ1v) is 12.1. The number of pyridine rings is 1. The van der Waals surface area contributed by atoms with Gasteiger partial charge in [0.05, 0.1) is 30.7 Å². The van der Waals surface area contributed by atoms with Gasteiger partial charge in [-0.3, -0.25) is 9.78 Å². The summed E-state index contributed by atoms with van der Waals surface area (Å²) in [6, 6.07) is 9.43. The zero-order valence-corrected chi connectivity index (χ0v) is 21.9. The Kier molecular flexibility index (Phi) is 10.5. The molecule has 0 saturated carbocycles. The molecule has 10 heteroatoms. The molecule has 0 radical (unpaired) electrons. The van der Waals surface area contributed by atoms with E-state index in [1.807, 2.05) is 57.3 Å². The second-order valence-electron chi connectivity index (χ2n) is 8.52. The van der Waals surface area contributed by atoms with Gasteiger partial charge in [-0.05, 0) is 67.8 Å². The van der Waals surface area contributed by atoms with Crippen LogP contribution in [0.25, 0.3) is 0 Å². The Hall–Kier alpha value is -3.89. The average molecular weight is 509 g/mol. The predicted molar refractivity (Wildman–Crippen MR) is 144 cm³/mol. The monoisotopic (exact) mass is 508 g/mol. The van der Waals surface area contributed by atoms with Gasteiger partial charge in [-0.15, -0.1) is 0 Å². The molecular formula is C27H36N6O4. The molecule has 10 nitrogen and oxygen atoms in total. The molecule has 5 N–H and O–H groups in total. The van der Waals surface area contributed by atoms with Gasteiger partial charge in [0.1, 0.15) is 29.8 Å². The Morgan fingerprint density at radius 3 is 2.76 bits per heavy atom. The number of methoxy groups -OCH3 is 1. The lowest BCUT2D eigenvalue weighted by Crippen LogP contribution is -2.30. The quantitative estimate of drug-likeness (QED) is 0.195. The van der Waals surface area contributed by atoms with Gasteiger partial charge in [0.15, 0.2) is 0 Å². The van der Waals surface area contributed by atoms with E-state index in [1.54, 1.807) is 13.3 Å². The average Bonchev–Trinajstić information content (AvgIpc) is 3.10. The van der Waals surface area contributed by atoms with E-state index in [-0.39, 0.29) is 12.5 Å². The lowest BCUT2D eigenvalue weighted by molar-refractivity contribution is -0.125. The molecular weight excluding hydrogens is 472 g/mol. The third-order valence-electron chi connectivity index (χ3n) is 5.59. The van der Waals surface area contributed by atoms with Crippen molar-refractivity contribution in [3.05, 3.63) is 70.8 Å². The van der Waals surface area contributed by atoms with Crippen LogP contribution in [0, 0.1) is 13.8 Å². The van der Waals surface area contributed by atoms with Crippen LogP contribution in [-0.4, -0.2) is 63.8 Å². The second-order valence-corrected chi connectivity index (χ2v) is 8.52. The largest absolute Gasteiger partial charge is 0.455 e. The van der Waals surface area contributed by atoms with Crippen LogP contribution in [0.3, 0.4) is 0 Å². The number of hydrogen-bond donors (Lipinski definition) is 4. The van der Waals surface area contributed by atoms with Crippen molar-refractivity contribution >= 4 is 17.4 Å². The minimum Gasteiger partial charge on any atom is -0.455 e. The van der Waals surface area contributed by atoms with Crippen LogP contribution in [0.1, 0.15) is 17.7 Å². The summed E-state index contributed by atoms with van der Waals surface area (Å²) in [4.78, 5) is 21.0. The third kappa shape index (κ3) is 8.62. The fraction of sp³-hybridized carbons (Fsp3) is 0.370. The van der Waals surface area contributed by atoms with E-state index < -0.39 is 0 Å². The van der Waals surface area contributed by atoms with Crippen molar-refractivity contribution in [1.29, 1.82) is 0 Å². The first-order valence-electron chi connectivity index (χ1n) is 12.1. The van der Waals surface area contributed by atoms with E-state index in [1.165, 1.54) is 0 Å². The summed E-state index contributed by atoms with van der Waals surface area (Å²) in [5.74, 6) is 2.33. The van der Waals surface area contributed by atoms with E-state index in [0.29, 0.717) is 43.6 Å².